The molecule has 6 nitrogen and oxygen atoms in total. The van der Waals surface area contributed by atoms with Crippen molar-refractivity contribution in [2.45, 2.75) is 24.7 Å². The van der Waals surface area contributed by atoms with Crippen LogP contribution in [-0.2, 0) is 21.4 Å². The fourth-order valence-electron chi connectivity index (χ4n) is 3.15. The second-order valence-corrected chi connectivity index (χ2v) is 6.57. The lowest BCUT2D eigenvalue weighted by molar-refractivity contribution is -0.147. The molecule has 0 amide bonds. The van der Waals surface area contributed by atoms with Crippen LogP contribution in [0.1, 0.15) is 24.0 Å². The molecule has 1 heterocycles. The fourth-order valence-corrected chi connectivity index (χ4v) is 3.15. The Hall–Kier alpha value is -3.17. The van der Waals surface area contributed by atoms with E-state index in [1.54, 1.807) is 26.4 Å². The van der Waals surface area contributed by atoms with Crippen molar-refractivity contribution in [2.75, 3.05) is 27.4 Å². The highest BCUT2D eigenvalue weighted by Crippen LogP contribution is 2.35. The van der Waals surface area contributed by atoms with Crippen LogP contribution in [-0.4, -0.2) is 38.5 Å². The second kappa shape index (κ2) is 11.0. The van der Waals surface area contributed by atoms with E-state index in [1.165, 1.54) is 0 Å². The number of rotatable bonds is 5. The summed E-state index contributed by atoms with van der Waals surface area (Å²) in [6.07, 6.45) is 1.74. The first kappa shape index (κ1) is 22.1. The number of hydrogen-bond donors (Lipinski definition) is 2. The molecule has 0 saturated carbocycles. The molecule has 0 aromatic heterocycles. The van der Waals surface area contributed by atoms with Crippen LogP contribution in [0.25, 0.3) is 0 Å². The van der Waals surface area contributed by atoms with Gasteiger partial charge in [0.25, 0.3) is 0 Å². The smallest absolute Gasteiger partial charge is 0.314 e. The highest BCUT2D eigenvalue weighted by Gasteiger charge is 2.41. The van der Waals surface area contributed by atoms with Crippen LogP contribution in [0.5, 0.6) is 11.5 Å². The highest BCUT2D eigenvalue weighted by molar-refractivity contribution is 5.81. The van der Waals surface area contributed by atoms with E-state index in [1.807, 2.05) is 36.4 Å². The summed E-state index contributed by atoms with van der Waals surface area (Å²) in [6, 6.07) is 17.4. The molecule has 1 fully saturated rings. The molecule has 3 N–H and O–H groups in total. The van der Waals surface area contributed by atoms with Gasteiger partial charge in [0, 0.05) is 25.7 Å². The van der Waals surface area contributed by atoms with Crippen LogP contribution < -0.4 is 15.2 Å². The number of methoxy groups -OCH3 is 2. The summed E-state index contributed by atoms with van der Waals surface area (Å²) < 4.78 is 15.3. The van der Waals surface area contributed by atoms with Crippen LogP contribution in [0.2, 0.25) is 0 Å². The zero-order valence-electron chi connectivity index (χ0n) is 16.8. The van der Waals surface area contributed by atoms with E-state index in [0.29, 0.717) is 32.5 Å². The number of hydrogen-bond acceptors (Lipinski definition) is 5. The molecule has 2 aromatic carbocycles. The molecule has 29 heavy (non-hydrogen) atoms. The summed E-state index contributed by atoms with van der Waals surface area (Å²) in [5.74, 6) is 3.61. The molecule has 2 aromatic rings. The summed E-state index contributed by atoms with van der Waals surface area (Å²) in [6.45, 7) is 0.997. The van der Waals surface area contributed by atoms with Crippen molar-refractivity contribution in [1.29, 1.82) is 0 Å². The lowest BCUT2D eigenvalue weighted by atomic mass is 9.74. The third-order valence-electron chi connectivity index (χ3n) is 4.95. The first-order valence-electron chi connectivity index (χ1n) is 9.33. The Morgan fingerprint density at radius 1 is 1.03 bits per heavy atom. The van der Waals surface area contributed by atoms with Crippen molar-refractivity contribution >= 4 is 5.97 Å². The van der Waals surface area contributed by atoms with E-state index in [4.69, 9.17) is 19.9 Å². The Balaban J connectivity index is 0.000000221. The molecule has 1 aliphatic heterocycles. The Morgan fingerprint density at radius 2 is 1.55 bits per heavy atom. The molecule has 3 rings (SSSR count). The van der Waals surface area contributed by atoms with Gasteiger partial charge in [-0.2, -0.15) is 0 Å². The predicted octanol–water partition coefficient (Wildman–Crippen LogP) is 2.99. The number of carbonyl (C=O) groups is 1. The highest BCUT2D eigenvalue weighted by atomic mass is 16.5. The largest absolute Gasteiger partial charge is 0.497 e. The first-order valence-corrected chi connectivity index (χ1v) is 9.33. The SMILES string of the molecule is COc1ccc(C2(C(=O)O)CCOCC2)cc1.COc1ccc(CC#CN)cc1. The second-order valence-electron chi connectivity index (χ2n) is 6.57. The van der Waals surface area contributed by atoms with Gasteiger partial charge in [-0.1, -0.05) is 30.2 Å². The van der Waals surface area contributed by atoms with Crippen LogP contribution in [0.15, 0.2) is 48.5 Å². The average molecular weight is 397 g/mol. The lowest BCUT2D eigenvalue weighted by Gasteiger charge is -2.33. The summed E-state index contributed by atoms with van der Waals surface area (Å²) >= 11 is 0. The van der Waals surface area contributed by atoms with Gasteiger partial charge in [-0.05, 0) is 48.2 Å². The number of nitrogens with two attached hydrogens (primary N) is 1. The van der Waals surface area contributed by atoms with Gasteiger partial charge < -0.3 is 25.1 Å². The number of aliphatic carboxylic acids is 1. The lowest BCUT2D eigenvalue weighted by Crippen LogP contribution is -2.41. The standard InChI is InChI=1S/C13H16O4.C10H11NO/c1-16-11-4-2-10(3-5-11)13(12(14)15)6-8-17-9-7-13;1-12-10-6-4-9(5-7-10)3-2-8-11/h2-5H,6-9H2,1H3,(H,14,15);4-7H,3,11H2,1H3. The topological polar surface area (TPSA) is 91.0 Å². The quantitative estimate of drug-likeness (QED) is 0.595. The summed E-state index contributed by atoms with van der Waals surface area (Å²) in [4.78, 5) is 11.5. The molecule has 1 aliphatic rings. The number of carboxylic acid groups (broad SMARTS) is 1. The van der Waals surface area contributed by atoms with Crippen molar-refractivity contribution in [3.05, 3.63) is 59.7 Å². The van der Waals surface area contributed by atoms with Crippen LogP contribution >= 0.6 is 0 Å². The van der Waals surface area contributed by atoms with Crippen molar-refractivity contribution in [1.82, 2.24) is 0 Å². The van der Waals surface area contributed by atoms with E-state index in [9.17, 15) is 9.90 Å². The van der Waals surface area contributed by atoms with Gasteiger partial charge in [-0.25, -0.2) is 0 Å². The minimum atomic E-state index is -0.801. The van der Waals surface area contributed by atoms with E-state index in [2.05, 4.69) is 12.0 Å². The van der Waals surface area contributed by atoms with Gasteiger partial charge in [-0.15, -0.1) is 0 Å². The van der Waals surface area contributed by atoms with Crippen LogP contribution in [0.3, 0.4) is 0 Å². The Labute approximate surface area is 171 Å². The molecule has 154 valence electrons. The van der Waals surface area contributed by atoms with Crippen molar-refractivity contribution in [3.63, 3.8) is 0 Å². The van der Waals surface area contributed by atoms with Gasteiger partial charge in [0.15, 0.2) is 0 Å². The maximum Gasteiger partial charge on any atom is 0.314 e. The molecule has 6 heteroatoms. The maximum atomic E-state index is 11.5. The monoisotopic (exact) mass is 397 g/mol. The summed E-state index contributed by atoms with van der Waals surface area (Å²) in [5, 5.41) is 9.48. The molecule has 0 atom stereocenters. The van der Waals surface area contributed by atoms with Crippen molar-refractivity contribution in [2.24, 2.45) is 5.73 Å². The van der Waals surface area contributed by atoms with E-state index in [-0.39, 0.29) is 0 Å². The Morgan fingerprint density at radius 3 is 2.00 bits per heavy atom. The van der Waals surface area contributed by atoms with E-state index in [0.717, 1.165) is 22.6 Å². The molecule has 0 unspecified atom stereocenters. The van der Waals surface area contributed by atoms with Gasteiger partial charge in [0.05, 0.1) is 19.6 Å². The average Bonchev–Trinajstić information content (AvgIpc) is 2.79. The Kier molecular flexibility index (Phi) is 8.38. The van der Waals surface area contributed by atoms with E-state index >= 15 is 0 Å². The summed E-state index contributed by atoms with van der Waals surface area (Å²) in [5.41, 5.74) is 6.22. The van der Waals surface area contributed by atoms with Gasteiger partial charge in [-0.3, -0.25) is 4.79 Å². The normalized spacial score (nSPS) is 14.4. The third-order valence-corrected chi connectivity index (χ3v) is 4.95. The molecule has 0 aliphatic carbocycles. The molecular formula is C23H27NO5. The van der Waals surface area contributed by atoms with Crippen LogP contribution in [0.4, 0.5) is 0 Å². The molecular weight excluding hydrogens is 370 g/mol. The first-order chi connectivity index (χ1) is 14.1. The summed E-state index contributed by atoms with van der Waals surface area (Å²) in [7, 11) is 3.24. The van der Waals surface area contributed by atoms with Gasteiger partial charge >= 0.3 is 5.97 Å². The number of benzene rings is 2. The molecule has 0 spiro atoms. The van der Waals surface area contributed by atoms with Crippen molar-refractivity contribution < 1.29 is 24.1 Å². The molecule has 0 bridgehead atoms. The third kappa shape index (κ3) is 5.90. The minimum absolute atomic E-state index is 0.498. The molecule has 1 saturated heterocycles. The van der Waals surface area contributed by atoms with E-state index < -0.39 is 11.4 Å². The fraction of sp³-hybridized carbons (Fsp3) is 0.348. The van der Waals surface area contributed by atoms with Crippen LogP contribution in [0, 0.1) is 12.0 Å². The number of carboxylic acids is 1. The maximum absolute atomic E-state index is 11.5. The van der Waals surface area contributed by atoms with Gasteiger partial charge in [0.1, 0.15) is 11.5 Å². The number of ether oxygens (including phenoxy) is 3. The predicted molar refractivity (Wildman–Crippen MR) is 111 cm³/mol. The molecule has 0 radical (unpaired) electrons. The minimum Gasteiger partial charge on any atom is -0.497 e. The Bertz CT molecular complexity index is 828. The zero-order valence-corrected chi connectivity index (χ0v) is 16.8. The van der Waals surface area contributed by atoms with Crippen molar-refractivity contribution in [3.8, 4) is 23.5 Å². The van der Waals surface area contributed by atoms with Gasteiger partial charge in [0.2, 0.25) is 0 Å². The zero-order chi connectivity index (χ0) is 21.1.